The average Bonchev–Trinajstić information content (AvgIpc) is 2.73. The van der Waals surface area contributed by atoms with Gasteiger partial charge in [0.2, 0.25) is 0 Å². The van der Waals surface area contributed by atoms with E-state index in [-0.39, 0.29) is 24.5 Å². The molecule has 0 aromatic heterocycles. The lowest BCUT2D eigenvalue weighted by atomic mass is 9.96. The monoisotopic (exact) mass is 406 g/mol. The van der Waals surface area contributed by atoms with Gasteiger partial charge in [0.25, 0.3) is 11.8 Å². The van der Waals surface area contributed by atoms with E-state index >= 15 is 0 Å². The largest absolute Gasteiger partial charge is 0.482 e. The van der Waals surface area contributed by atoms with E-state index in [0.717, 1.165) is 18.4 Å². The molecule has 4 rings (SSSR count). The second-order valence-corrected chi connectivity index (χ2v) is 8.45. The van der Waals surface area contributed by atoms with E-state index in [1.807, 2.05) is 31.2 Å². The summed E-state index contributed by atoms with van der Waals surface area (Å²) in [5, 5.41) is 3.21. The van der Waals surface area contributed by atoms with Crippen molar-refractivity contribution in [1.29, 1.82) is 0 Å². The molecule has 2 aromatic rings. The van der Waals surface area contributed by atoms with E-state index in [9.17, 15) is 9.59 Å². The minimum absolute atomic E-state index is 0.0203. The SMILES string of the molecule is Cc1ccc(CN2C(=O)COc3ccc(C(=O)NC4CCCCCCC4)cc32)cc1. The fourth-order valence-corrected chi connectivity index (χ4v) is 4.26. The number of fused-ring (bicyclic) bond motifs is 1. The highest BCUT2D eigenvalue weighted by Gasteiger charge is 2.27. The quantitative estimate of drug-likeness (QED) is 0.796. The van der Waals surface area contributed by atoms with E-state index in [2.05, 4.69) is 5.32 Å². The summed E-state index contributed by atoms with van der Waals surface area (Å²) in [7, 11) is 0. The van der Waals surface area contributed by atoms with Crippen molar-refractivity contribution in [3.05, 3.63) is 59.2 Å². The molecule has 1 N–H and O–H groups in total. The highest BCUT2D eigenvalue weighted by molar-refractivity contribution is 6.01. The molecule has 1 heterocycles. The van der Waals surface area contributed by atoms with Gasteiger partial charge in [0.1, 0.15) is 5.75 Å². The van der Waals surface area contributed by atoms with Crippen LogP contribution in [0.1, 0.15) is 66.4 Å². The number of amides is 2. The minimum Gasteiger partial charge on any atom is -0.482 e. The summed E-state index contributed by atoms with van der Waals surface area (Å²) in [5.41, 5.74) is 3.46. The summed E-state index contributed by atoms with van der Waals surface area (Å²) in [6, 6.07) is 13.8. The number of rotatable bonds is 4. The summed E-state index contributed by atoms with van der Waals surface area (Å²) in [6.45, 7) is 2.52. The van der Waals surface area contributed by atoms with Gasteiger partial charge in [-0.3, -0.25) is 9.59 Å². The number of hydrogen-bond donors (Lipinski definition) is 1. The van der Waals surface area contributed by atoms with E-state index in [4.69, 9.17) is 4.74 Å². The Hall–Kier alpha value is -2.82. The number of hydrogen-bond acceptors (Lipinski definition) is 3. The van der Waals surface area contributed by atoms with Gasteiger partial charge in [-0.15, -0.1) is 0 Å². The number of ether oxygens (including phenoxy) is 1. The van der Waals surface area contributed by atoms with Crippen LogP contribution in [-0.4, -0.2) is 24.5 Å². The maximum atomic E-state index is 12.9. The van der Waals surface area contributed by atoms with E-state index in [1.54, 1.807) is 23.1 Å². The normalized spacial score (nSPS) is 17.5. The van der Waals surface area contributed by atoms with Crippen LogP contribution in [0, 0.1) is 6.92 Å². The summed E-state index contributed by atoms with van der Waals surface area (Å²) in [6.07, 6.45) is 8.22. The van der Waals surface area contributed by atoms with Gasteiger partial charge in [0.05, 0.1) is 12.2 Å². The first-order valence-electron chi connectivity index (χ1n) is 11.0. The Morgan fingerprint density at radius 3 is 2.47 bits per heavy atom. The minimum atomic E-state index is -0.0966. The lowest BCUT2D eigenvalue weighted by Gasteiger charge is -2.30. The summed E-state index contributed by atoms with van der Waals surface area (Å²) in [5.74, 6) is 0.474. The van der Waals surface area contributed by atoms with Crippen molar-refractivity contribution in [2.24, 2.45) is 0 Å². The maximum absolute atomic E-state index is 12.9. The molecular weight excluding hydrogens is 376 g/mol. The molecule has 1 aliphatic heterocycles. The topological polar surface area (TPSA) is 58.6 Å². The molecule has 0 atom stereocenters. The third kappa shape index (κ3) is 4.84. The Balaban J connectivity index is 1.52. The Labute approximate surface area is 178 Å². The van der Waals surface area contributed by atoms with Crippen molar-refractivity contribution in [2.45, 2.75) is 64.5 Å². The van der Waals surface area contributed by atoms with Crippen LogP contribution in [0.4, 0.5) is 5.69 Å². The number of aryl methyl sites for hydroxylation is 1. The van der Waals surface area contributed by atoms with Crippen molar-refractivity contribution in [3.8, 4) is 5.75 Å². The molecule has 2 amide bonds. The maximum Gasteiger partial charge on any atom is 0.265 e. The van der Waals surface area contributed by atoms with E-state index in [0.29, 0.717) is 23.5 Å². The fourth-order valence-electron chi connectivity index (χ4n) is 4.26. The molecule has 1 aliphatic carbocycles. The van der Waals surface area contributed by atoms with Gasteiger partial charge in [-0.1, -0.05) is 61.9 Å². The van der Waals surface area contributed by atoms with Gasteiger partial charge in [-0.05, 0) is 43.5 Å². The predicted molar refractivity (Wildman–Crippen MR) is 118 cm³/mol. The van der Waals surface area contributed by atoms with Crippen LogP contribution >= 0.6 is 0 Å². The zero-order chi connectivity index (χ0) is 20.9. The smallest absolute Gasteiger partial charge is 0.265 e. The van der Waals surface area contributed by atoms with Gasteiger partial charge in [0.15, 0.2) is 6.61 Å². The van der Waals surface area contributed by atoms with Crippen LogP contribution in [0.25, 0.3) is 0 Å². The molecule has 0 unspecified atom stereocenters. The van der Waals surface area contributed by atoms with E-state index in [1.165, 1.54) is 37.7 Å². The van der Waals surface area contributed by atoms with Crippen LogP contribution in [0.5, 0.6) is 5.75 Å². The second kappa shape index (κ2) is 9.33. The first-order chi connectivity index (χ1) is 14.6. The summed E-state index contributed by atoms with van der Waals surface area (Å²) in [4.78, 5) is 27.2. The zero-order valence-corrected chi connectivity index (χ0v) is 17.7. The summed E-state index contributed by atoms with van der Waals surface area (Å²) >= 11 is 0. The van der Waals surface area contributed by atoms with E-state index < -0.39 is 0 Å². The number of anilines is 1. The molecule has 30 heavy (non-hydrogen) atoms. The molecular formula is C25H30N2O3. The number of carbonyl (C=O) groups excluding carboxylic acids is 2. The van der Waals surface area contributed by atoms with Gasteiger partial charge in [0, 0.05) is 11.6 Å². The van der Waals surface area contributed by atoms with Gasteiger partial charge >= 0.3 is 0 Å². The Kier molecular flexibility index (Phi) is 6.36. The van der Waals surface area contributed by atoms with Crippen molar-refractivity contribution in [1.82, 2.24) is 5.32 Å². The highest BCUT2D eigenvalue weighted by atomic mass is 16.5. The van der Waals surface area contributed by atoms with Crippen LogP contribution in [0.3, 0.4) is 0 Å². The first-order valence-corrected chi connectivity index (χ1v) is 11.0. The van der Waals surface area contributed by atoms with Crippen LogP contribution in [0.15, 0.2) is 42.5 Å². The molecule has 1 fully saturated rings. The lowest BCUT2D eigenvalue weighted by Crippen LogP contribution is -2.39. The molecule has 2 aromatic carbocycles. The Morgan fingerprint density at radius 2 is 1.73 bits per heavy atom. The number of nitrogens with zero attached hydrogens (tertiary/aromatic N) is 1. The van der Waals surface area contributed by atoms with Crippen molar-refractivity contribution >= 4 is 17.5 Å². The molecule has 0 radical (unpaired) electrons. The molecule has 0 saturated heterocycles. The first kappa shape index (κ1) is 20.5. The number of nitrogens with one attached hydrogen (secondary N) is 1. The number of carbonyl (C=O) groups is 2. The Bertz CT molecular complexity index is 899. The van der Waals surface area contributed by atoms with Gasteiger partial charge in [-0.2, -0.15) is 0 Å². The fraction of sp³-hybridized carbons (Fsp3) is 0.440. The molecule has 158 valence electrons. The van der Waals surface area contributed by atoms with Gasteiger partial charge in [-0.25, -0.2) is 0 Å². The molecule has 0 spiro atoms. The van der Waals surface area contributed by atoms with Crippen LogP contribution in [0.2, 0.25) is 0 Å². The molecule has 0 bridgehead atoms. The van der Waals surface area contributed by atoms with Gasteiger partial charge < -0.3 is 15.0 Å². The zero-order valence-electron chi connectivity index (χ0n) is 17.7. The molecule has 5 nitrogen and oxygen atoms in total. The molecule has 1 saturated carbocycles. The average molecular weight is 407 g/mol. The van der Waals surface area contributed by atoms with Crippen LogP contribution in [-0.2, 0) is 11.3 Å². The standard InChI is InChI=1S/C25H30N2O3/c1-18-9-11-19(12-10-18)16-27-22-15-20(13-14-23(22)30-17-24(27)28)25(29)26-21-7-5-3-2-4-6-8-21/h9-15,21H,2-8,16-17H2,1H3,(H,26,29). The molecule has 2 aliphatic rings. The lowest BCUT2D eigenvalue weighted by molar-refractivity contribution is -0.121. The van der Waals surface area contributed by atoms with Crippen molar-refractivity contribution in [3.63, 3.8) is 0 Å². The second-order valence-electron chi connectivity index (χ2n) is 8.45. The third-order valence-electron chi connectivity index (χ3n) is 6.07. The Morgan fingerprint density at radius 1 is 1.03 bits per heavy atom. The molecule has 5 heteroatoms. The number of benzene rings is 2. The van der Waals surface area contributed by atoms with Crippen LogP contribution < -0.4 is 15.0 Å². The highest BCUT2D eigenvalue weighted by Crippen LogP contribution is 2.34. The summed E-state index contributed by atoms with van der Waals surface area (Å²) < 4.78 is 5.61. The predicted octanol–water partition coefficient (Wildman–Crippen LogP) is 4.76. The van der Waals surface area contributed by atoms with Crippen molar-refractivity contribution in [2.75, 3.05) is 11.5 Å². The third-order valence-corrected chi connectivity index (χ3v) is 6.07. The van der Waals surface area contributed by atoms with Crippen molar-refractivity contribution < 1.29 is 14.3 Å².